The smallest absolute Gasteiger partial charge is 0.270 e. The van der Waals surface area contributed by atoms with E-state index in [4.69, 9.17) is 10.5 Å². The molecule has 1 saturated heterocycles. The van der Waals surface area contributed by atoms with E-state index in [2.05, 4.69) is 0 Å². The number of nitro benzene ring substituents is 1. The van der Waals surface area contributed by atoms with Crippen molar-refractivity contribution < 1.29 is 14.5 Å². The minimum Gasteiger partial charge on any atom is -0.496 e. The number of nitrogens with zero attached hydrogens (tertiary/aromatic N) is 2. The highest BCUT2D eigenvalue weighted by Gasteiger charge is 2.27. The first-order valence-electron chi connectivity index (χ1n) is 5.90. The molecule has 1 fully saturated rings. The maximum atomic E-state index is 12.3. The average molecular weight is 302 g/mol. The van der Waals surface area contributed by atoms with E-state index < -0.39 is 4.92 Å². The van der Waals surface area contributed by atoms with Gasteiger partial charge in [-0.3, -0.25) is 14.9 Å². The third-order valence-corrected chi connectivity index (χ3v) is 3.14. The lowest BCUT2D eigenvalue weighted by atomic mass is 10.1. The molecule has 0 saturated carbocycles. The maximum Gasteiger partial charge on any atom is 0.270 e. The van der Waals surface area contributed by atoms with Crippen LogP contribution in [0.3, 0.4) is 0 Å². The van der Waals surface area contributed by atoms with Gasteiger partial charge in [0.2, 0.25) is 0 Å². The molecule has 1 aliphatic rings. The van der Waals surface area contributed by atoms with Gasteiger partial charge in [0.1, 0.15) is 5.75 Å². The number of likely N-dealkylation sites (tertiary alicyclic amines) is 1. The van der Waals surface area contributed by atoms with Crippen LogP contribution in [0.15, 0.2) is 18.2 Å². The van der Waals surface area contributed by atoms with E-state index >= 15 is 0 Å². The molecular weight excluding hydrogens is 286 g/mol. The molecule has 8 heteroatoms. The normalized spacial score (nSPS) is 17.5. The van der Waals surface area contributed by atoms with Gasteiger partial charge in [-0.2, -0.15) is 0 Å². The Bertz CT molecular complexity index is 523. The number of rotatable bonds is 3. The van der Waals surface area contributed by atoms with E-state index in [1.165, 1.54) is 25.3 Å². The van der Waals surface area contributed by atoms with Crippen molar-refractivity contribution in [2.45, 2.75) is 12.5 Å². The number of halogens is 1. The molecular formula is C12H16ClN3O4. The van der Waals surface area contributed by atoms with E-state index in [0.29, 0.717) is 18.8 Å². The van der Waals surface area contributed by atoms with E-state index in [1.54, 1.807) is 4.90 Å². The van der Waals surface area contributed by atoms with Crippen LogP contribution in [-0.4, -0.2) is 42.0 Å². The lowest BCUT2D eigenvalue weighted by Gasteiger charge is -2.17. The minimum absolute atomic E-state index is 0. The van der Waals surface area contributed by atoms with E-state index in [9.17, 15) is 14.9 Å². The minimum atomic E-state index is -0.536. The van der Waals surface area contributed by atoms with Crippen molar-refractivity contribution >= 4 is 24.0 Å². The number of benzene rings is 1. The van der Waals surface area contributed by atoms with Crippen molar-refractivity contribution in [3.8, 4) is 5.75 Å². The highest BCUT2D eigenvalue weighted by molar-refractivity contribution is 5.97. The predicted octanol–water partition coefficient (Wildman–Crippen LogP) is 1.20. The van der Waals surface area contributed by atoms with E-state index in [0.717, 1.165) is 6.42 Å². The Balaban J connectivity index is 0.00000200. The number of methoxy groups -OCH3 is 1. The van der Waals surface area contributed by atoms with Gasteiger partial charge in [-0.25, -0.2) is 0 Å². The standard InChI is InChI=1S/C12H15N3O4.ClH/c1-19-11-3-2-9(15(17)18)6-10(11)12(16)14-5-4-8(13)7-14;/h2-3,6,8H,4-5,7,13H2,1H3;1H/t8-;/m1./s1. The van der Waals surface area contributed by atoms with Crippen molar-refractivity contribution in [3.63, 3.8) is 0 Å². The summed E-state index contributed by atoms with van der Waals surface area (Å²) in [5.74, 6) is 0.0459. The van der Waals surface area contributed by atoms with E-state index in [1.807, 2.05) is 0 Å². The zero-order valence-electron chi connectivity index (χ0n) is 10.9. The second kappa shape index (κ2) is 6.53. The molecule has 1 amide bonds. The van der Waals surface area contributed by atoms with Gasteiger partial charge in [0, 0.05) is 31.3 Å². The summed E-state index contributed by atoms with van der Waals surface area (Å²) in [5.41, 5.74) is 5.82. The molecule has 0 unspecified atom stereocenters. The molecule has 0 spiro atoms. The van der Waals surface area contributed by atoms with Gasteiger partial charge >= 0.3 is 0 Å². The zero-order chi connectivity index (χ0) is 14.0. The van der Waals surface area contributed by atoms with Crippen molar-refractivity contribution in [2.75, 3.05) is 20.2 Å². The molecule has 7 nitrogen and oxygen atoms in total. The van der Waals surface area contributed by atoms with Crippen LogP contribution in [-0.2, 0) is 0 Å². The molecule has 1 atom stereocenters. The monoisotopic (exact) mass is 301 g/mol. The Morgan fingerprint density at radius 3 is 2.75 bits per heavy atom. The molecule has 1 aromatic rings. The summed E-state index contributed by atoms with van der Waals surface area (Å²) in [6, 6.07) is 3.95. The number of carbonyl (C=O) groups is 1. The van der Waals surface area contributed by atoms with Gasteiger partial charge in [-0.05, 0) is 12.5 Å². The molecule has 0 bridgehead atoms. The van der Waals surface area contributed by atoms with Crippen LogP contribution in [0, 0.1) is 10.1 Å². The molecule has 0 aromatic heterocycles. The van der Waals surface area contributed by atoms with Gasteiger partial charge in [-0.15, -0.1) is 12.4 Å². The first-order chi connectivity index (χ1) is 9.02. The van der Waals surface area contributed by atoms with Crippen LogP contribution in [0.2, 0.25) is 0 Å². The number of nitrogens with two attached hydrogens (primary N) is 1. The summed E-state index contributed by atoms with van der Waals surface area (Å²) in [5, 5.41) is 10.8. The largest absolute Gasteiger partial charge is 0.496 e. The summed E-state index contributed by atoms with van der Waals surface area (Å²) in [6.07, 6.45) is 0.739. The Kier molecular flexibility index (Phi) is 5.29. The zero-order valence-corrected chi connectivity index (χ0v) is 11.8. The van der Waals surface area contributed by atoms with Crippen LogP contribution in [0.1, 0.15) is 16.8 Å². The molecule has 20 heavy (non-hydrogen) atoms. The molecule has 0 radical (unpaired) electrons. The molecule has 0 aliphatic carbocycles. The van der Waals surface area contributed by atoms with Gasteiger partial charge < -0.3 is 15.4 Å². The van der Waals surface area contributed by atoms with E-state index in [-0.39, 0.29) is 35.6 Å². The van der Waals surface area contributed by atoms with Crippen molar-refractivity contribution in [3.05, 3.63) is 33.9 Å². The third-order valence-electron chi connectivity index (χ3n) is 3.14. The molecule has 1 heterocycles. The summed E-state index contributed by atoms with van der Waals surface area (Å²) >= 11 is 0. The first kappa shape index (κ1) is 16.2. The maximum absolute atomic E-state index is 12.3. The molecule has 2 rings (SSSR count). The van der Waals surface area contributed by atoms with Crippen LogP contribution in [0.25, 0.3) is 0 Å². The Morgan fingerprint density at radius 1 is 1.55 bits per heavy atom. The Morgan fingerprint density at radius 2 is 2.25 bits per heavy atom. The summed E-state index contributed by atoms with van der Waals surface area (Å²) in [4.78, 5) is 24.1. The molecule has 1 aliphatic heterocycles. The van der Waals surface area contributed by atoms with Crippen molar-refractivity contribution in [1.82, 2.24) is 4.90 Å². The molecule has 110 valence electrons. The van der Waals surface area contributed by atoms with Crippen LogP contribution >= 0.6 is 12.4 Å². The summed E-state index contributed by atoms with van der Waals surface area (Å²) in [6.45, 7) is 1.02. The third kappa shape index (κ3) is 3.17. The number of carbonyl (C=O) groups excluding carboxylic acids is 1. The van der Waals surface area contributed by atoms with Gasteiger partial charge in [0.25, 0.3) is 11.6 Å². The number of amides is 1. The number of non-ortho nitro benzene ring substituents is 1. The molecule has 2 N–H and O–H groups in total. The lowest BCUT2D eigenvalue weighted by Crippen LogP contribution is -2.32. The second-order valence-corrected chi connectivity index (χ2v) is 4.44. The van der Waals surface area contributed by atoms with Gasteiger partial charge in [-0.1, -0.05) is 0 Å². The summed E-state index contributed by atoms with van der Waals surface area (Å²) < 4.78 is 5.09. The quantitative estimate of drug-likeness (QED) is 0.668. The van der Waals surface area contributed by atoms with Crippen LogP contribution in [0.5, 0.6) is 5.75 Å². The SMILES string of the molecule is COc1ccc([N+](=O)[O-])cc1C(=O)N1CC[C@@H](N)C1.Cl. The predicted molar refractivity (Wildman–Crippen MR) is 75.4 cm³/mol. The Labute approximate surface area is 122 Å². The average Bonchev–Trinajstić information content (AvgIpc) is 2.83. The van der Waals surface area contributed by atoms with Crippen molar-refractivity contribution in [2.24, 2.45) is 5.73 Å². The fourth-order valence-electron chi connectivity index (χ4n) is 2.12. The number of hydrogen-bond acceptors (Lipinski definition) is 5. The number of ether oxygens (including phenoxy) is 1. The van der Waals surface area contributed by atoms with Crippen LogP contribution in [0.4, 0.5) is 5.69 Å². The first-order valence-corrected chi connectivity index (χ1v) is 5.90. The summed E-state index contributed by atoms with van der Waals surface area (Å²) in [7, 11) is 1.42. The van der Waals surface area contributed by atoms with Gasteiger partial charge in [0.15, 0.2) is 0 Å². The highest BCUT2D eigenvalue weighted by atomic mass is 35.5. The van der Waals surface area contributed by atoms with Crippen LogP contribution < -0.4 is 10.5 Å². The lowest BCUT2D eigenvalue weighted by molar-refractivity contribution is -0.384. The molecule has 1 aromatic carbocycles. The van der Waals surface area contributed by atoms with Crippen molar-refractivity contribution in [1.29, 1.82) is 0 Å². The highest BCUT2D eigenvalue weighted by Crippen LogP contribution is 2.26. The number of hydrogen-bond donors (Lipinski definition) is 1. The topological polar surface area (TPSA) is 98.7 Å². The fourth-order valence-corrected chi connectivity index (χ4v) is 2.12. The fraction of sp³-hybridized carbons (Fsp3) is 0.417. The number of nitro groups is 1. The second-order valence-electron chi connectivity index (χ2n) is 4.44. The van der Waals surface area contributed by atoms with Gasteiger partial charge in [0.05, 0.1) is 17.6 Å². The Hall–Kier alpha value is -1.86.